The van der Waals surface area contributed by atoms with Gasteiger partial charge in [0.25, 0.3) is 0 Å². The van der Waals surface area contributed by atoms with Crippen LogP contribution in [-0.2, 0) is 14.3 Å². The second kappa shape index (κ2) is 8.76. The van der Waals surface area contributed by atoms with E-state index in [-0.39, 0.29) is 30.4 Å². The highest BCUT2D eigenvalue weighted by atomic mass is 16.5. The van der Waals surface area contributed by atoms with E-state index in [1.807, 2.05) is 43.3 Å². The topological polar surface area (TPSA) is 99.2 Å². The monoisotopic (exact) mass is 463 g/mol. The molecule has 2 aromatic rings. The number of amides is 2. The standard InChI is InChI=1S/C26H29N3O5/c1-28(2)13-21(24(30)29-12-15-11-22(29)23(15)25(31)32)27-26(33)34-14-20-18-9-5-3-7-16(18)17-8-4-6-10-19(17)20/h3-10,15,20-23H,11-14H2,1-2H3,(H,27,33)(H,31,32)/t15?,21-,22?,23?/m0/s1. The van der Waals surface area contributed by atoms with Crippen LogP contribution in [0.3, 0.4) is 0 Å². The Bertz CT molecular complexity index is 1090. The van der Waals surface area contributed by atoms with Gasteiger partial charge in [-0.25, -0.2) is 4.79 Å². The van der Waals surface area contributed by atoms with E-state index in [4.69, 9.17) is 4.74 Å². The molecule has 2 aliphatic carbocycles. The molecule has 2 bridgehead atoms. The molecule has 2 amide bonds. The Morgan fingerprint density at radius 1 is 1.09 bits per heavy atom. The highest BCUT2D eigenvalue weighted by molar-refractivity contribution is 5.88. The molecule has 2 aliphatic heterocycles. The summed E-state index contributed by atoms with van der Waals surface area (Å²) < 4.78 is 5.63. The van der Waals surface area contributed by atoms with Gasteiger partial charge < -0.3 is 25.0 Å². The van der Waals surface area contributed by atoms with Crippen LogP contribution in [0.25, 0.3) is 11.1 Å². The summed E-state index contributed by atoms with van der Waals surface area (Å²) in [5.74, 6) is -1.67. The van der Waals surface area contributed by atoms with Gasteiger partial charge >= 0.3 is 12.1 Å². The van der Waals surface area contributed by atoms with E-state index in [0.717, 1.165) is 22.3 Å². The molecule has 2 heterocycles. The lowest BCUT2D eigenvalue weighted by atomic mass is 9.74. The van der Waals surface area contributed by atoms with Gasteiger partial charge in [-0.1, -0.05) is 48.5 Å². The van der Waals surface area contributed by atoms with Crippen LogP contribution >= 0.6 is 0 Å². The van der Waals surface area contributed by atoms with Gasteiger partial charge in [0, 0.05) is 25.0 Å². The fraction of sp³-hybridized carbons (Fsp3) is 0.423. The number of carboxylic acids is 1. The number of carbonyl (C=O) groups is 3. The first-order valence-electron chi connectivity index (χ1n) is 11.6. The third-order valence-corrected chi connectivity index (χ3v) is 7.35. The van der Waals surface area contributed by atoms with E-state index in [0.29, 0.717) is 19.5 Å². The van der Waals surface area contributed by atoms with E-state index in [1.165, 1.54) is 0 Å². The third-order valence-electron chi connectivity index (χ3n) is 7.35. The highest BCUT2D eigenvalue weighted by Gasteiger charge is 2.57. The number of likely N-dealkylation sites (N-methyl/N-ethyl adjacent to an activating group) is 1. The first kappa shape index (κ1) is 22.4. The normalized spacial score (nSPS) is 23.1. The summed E-state index contributed by atoms with van der Waals surface area (Å²) in [5.41, 5.74) is 4.53. The number of ether oxygens (including phenoxy) is 1. The van der Waals surface area contributed by atoms with Gasteiger partial charge in [0.2, 0.25) is 5.91 Å². The van der Waals surface area contributed by atoms with Gasteiger partial charge in [0.15, 0.2) is 0 Å². The van der Waals surface area contributed by atoms with Gasteiger partial charge in [-0.3, -0.25) is 9.59 Å². The highest BCUT2D eigenvalue weighted by Crippen LogP contribution is 2.47. The van der Waals surface area contributed by atoms with Crippen molar-refractivity contribution in [3.63, 3.8) is 0 Å². The molecule has 2 N–H and O–H groups in total. The van der Waals surface area contributed by atoms with Crippen LogP contribution in [0.2, 0.25) is 0 Å². The number of aliphatic carboxylic acids is 1. The Hall–Kier alpha value is -3.39. The van der Waals surface area contributed by atoms with E-state index in [2.05, 4.69) is 29.6 Å². The number of hydrogen-bond acceptors (Lipinski definition) is 5. The number of rotatable bonds is 7. The zero-order valence-corrected chi connectivity index (χ0v) is 19.3. The number of benzene rings is 2. The van der Waals surface area contributed by atoms with Gasteiger partial charge in [0.05, 0.1) is 5.92 Å². The van der Waals surface area contributed by atoms with Crippen LogP contribution in [0.4, 0.5) is 4.79 Å². The lowest BCUT2D eigenvalue weighted by molar-refractivity contribution is -0.148. The summed E-state index contributed by atoms with van der Waals surface area (Å²) in [4.78, 5) is 41.0. The van der Waals surface area contributed by atoms with E-state index >= 15 is 0 Å². The van der Waals surface area contributed by atoms with Crippen LogP contribution in [0.5, 0.6) is 0 Å². The number of hydrogen-bond donors (Lipinski definition) is 2. The van der Waals surface area contributed by atoms with Crippen molar-refractivity contribution in [3.05, 3.63) is 59.7 Å². The van der Waals surface area contributed by atoms with Crippen LogP contribution in [0.15, 0.2) is 48.5 Å². The molecule has 0 aromatic heterocycles. The molecule has 4 atom stereocenters. The van der Waals surface area contributed by atoms with Gasteiger partial charge in [0.1, 0.15) is 12.6 Å². The van der Waals surface area contributed by atoms with Crippen LogP contribution in [0, 0.1) is 11.8 Å². The number of nitrogens with one attached hydrogen (secondary N) is 1. The van der Waals surface area contributed by atoms with Crippen molar-refractivity contribution < 1.29 is 24.2 Å². The average molecular weight is 464 g/mol. The molecule has 6 rings (SSSR count). The summed E-state index contributed by atoms with van der Waals surface area (Å²) in [5, 5.41) is 12.2. The number of nitrogens with zero attached hydrogens (tertiary/aromatic N) is 2. The predicted molar refractivity (Wildman–Crippen MR) is 125 cm³/mol. The molecule has 2 aromatic carbocycles. The molecule has 3 unspecified atom stereocenters. The Morgan fingerprint density at radius 2 is 1.71 bits per heavy atom. The molecule has 1 saturated carbocycles. The molecule has 3 fully saturated rings. The maximum atomic E-state index is 13.2. The molecule has 0 spiro atoms. The molecule has 4 aliphatic rings. The Balaban J connectivity index is 1.25. The zero-order valence-electron chi connectivity index (χ0n) is 19.3. The summed E-state index contributed by atoms with van der Waals surface area (Å²) in [7, 11) is 3.65. The molecular formula is C26H29N3O5. The fourth-order valence-electron chi connectivity index (χ4n) is 5.77. The molecule has 2 saturated heterocycles. The number of carboxylic acid groups (broad SMARTS) is 1. The number of alkyl carbamates (subject to hydrolysis) is 1. The zero-order chi connectivity index (χ0) is 24.0. The lowest BCUT2D eigenvalue weighted by Gasteiger charge is -2.34. The summed E-state index contributed by atoms with van der Waals surface area (Å²) in [6, 6.07) is 15.1. The Morgan fingerprint density at radius 3 is 2.26 bits per heavy atom. The molecule has 8 nitrogen and oxygen atoms in total. The molecule has 0 radical (unpaired) electrons. The fourth-order valence-corrected chi connectivity index (χ4v) is 5.77. The van der Waals surface area contributed by atoms with Crippen molar-refractivity contribution >= 4 is 18.0 Å². The third kappa shape index (κ3) is 3.81. The molecule has 34 heavy (non-hydrogen) atoms. The van der Waals surface area contributed by atoms with Crippen molar-refractivity contribution in [3.8, 4) is 11.1 Å². The first-order chi connectivity index (χ1) is 16.3. The van der Waals surface area contributed by atoms with Gasteiger partial charge in [-0.15, -0.1) is 0 Å². The Labute approximate surface area is 198 Å². The van der Waals surface area contributed by atoms with Crippen LogP contribution in [-0.4, -0.2) is 78.8 Å². The molecule has 178 valence electrons. The SMILES string of the molecule is CN(C)C[C@H](NC(=O)OCC1c2ccccc2-c2ccccc21)C(=O)N1CC2CC1C2C(=O)O. The second-order valence-corrected chi connectivity index (χ2v) is 9.70. The second-order valence-electron chi connectivity index (χ2n) is 9.70. The van der Waals surface area contributed by atoms with E-state index < -0.39 is 24.0 Å². The van der Waals surface area contributed by atoms with Gasteiger partial charge in [-0.05, 0) is 48.7 Å². The van der Waals surface area contributed by atoms with Crippen LogP contribution < -0.4 is 5.32 Å². The maximum Gasteiger partial charge on any atom is 0.407 e. The largest absolute Gasteiger partial charge is 0.481 e. The maximum absolute atomic E-state index is 13.2. The molecular weight excluding hydrogens is 434 g/mol. The van der Waals surface area contributed by atoms with Gasteiger partial charge in [-0.2, -0.15) is 0 Å². The average Bonchev–Trinajstić information content (AvgIpc) is 3.47. The number of carbonyl (C=O) groups excluding carboxylic acids is 2. The van der Waals surface area contributed by atoms with E-state index in [1.54, 1.807) is 4.90 Å². The van der Waals surface area contributed by atoms with Crippen molar-refractivity contribution in [2.45, 2.75) is 24.4 Å². The minimum atomic E-state index is -0.856. The summed E-state index contributed by atoms with van der Waals surface area (Å²) >= 11 is 0. The smallest absolute Gasteiger partial charge is 0.407 e. The van der Waals surface area contributed by atoms with Crippen molar-refractivity contribution in [2.24, 2.45) is 11.8 Å². The first-order valence-corrected chi connectivity index (χ1v) is 11.6. The lowest BCUT2D eigenvalue weighted by Crippen LogP contribution is -2.55. The predicted octanol–water partition coefficient (Wildman–Crippen LogP) is 2.39. The van der Waals surface area contributed by atoms with E-state index in [9.17, 15) is 19.5 Å². The Kier molecular flexibility index (Phi) is 5.77. The number of fused-ring (bicyclic) bond motifs is 4. The summed E-state index contributed by atoms with van der Waals surface area (Å²) in [6.07, 6.45) is 0.0610. The van der Waals surface area contributed by atoms with Crippen molar-refractivity contribution in [1.82, 2.24) is 15.1 Å². The quantitative estimate of drug-likeness (QED) is 0.654. The minimum absolute atomic E-state index is 0.000843. The van der Waals surface area contributed by atoms with Crippen molar-refractivity contribution in [1.29, 1.82) is 0 Å². The minimum Gasteiger partial charge on any atom is -0.481 e. The summed E-state index contributed by atoms with van der Waals surface area (Å²) in [6.45, 7) is 0.893. The van der Waals surface area contributed by atoms with Crippen molar-refractivity contribution in [2.75, 3.05) is 33.8 Å². The molecule has 8 heteroatoms. The van der Waals surface area contributed by atoms with Crippen LogP contribution in [0.1, 0.15) is 23.5 Å².